The Morgan fingerprint density at radius 3 is 2.64 bits per heavy atom. The van der Waals surface area contributed by atoms with Gasteiger partial charge in [0.2, 0.25) is 5.82 Å². The van der Waals surface area contributed by atoms with Gasteiger partial charge in [-0.1, -0.05) is 0 Å². The maximum Gasteiger partial charge on any atom is 0.291 e. The van der Waals surface area contributed by atoms with Crippen LogP contribution >= 0.6 is 0 Å². The summed E-state index contributed by atoms with van der Waals surface area (Å²) in [5.74, 6) is -0.215. The maximum absolute atomic E-state index is 13.0. The molecule has 1 saturated heterocycles. The van der Waals surface area contributed by atoms with Crippen LogP contribution in [0.3, 0.4) is 0 Å². The number of carbonyl (C=O) groups is 1. The SMILES string of the molecule is Cc1nc(C(=O)NC(CO)CN2CCCC2)nn1-c1ccc(F)cc1. The lowest BCUT2D eigenvalue weighted by atomic mass is 10.3. The maximum atomic E-state index is 13.0. The molecule has 1 amide bonds. The molecule has 0 bridgehead atoms. The molecule has 1 unspecified atom stereocenters. The number of likely N-dealkylation sites (tertiary alicyclic amines) is 1. The molecule has 0 spiro atoms. The Labute approximate surface area is 145 Å². The van der Waals surface area contributed by atoms with Gasteiger partial charge in [-0.25, -0.2) is 14.1 Å². The molecule has 2 heterocycles. The summed E-state index contributed by atoms with van der Waals surface area (Å²) in [4.78, 5) is 18.8. The molecule has 0 saturated carbocycles. The van der Waals surface area contributed by atoms with E-state index in [0.29, 0.717) is 18.1 Å². The highest BCUT2D eigenvalue weighted by atomic mass is 19.1. The van der Waals surface area contributed by atoms with Gasteiger partial charge in [0, 0.05) is 6.54 Å². The standard InChI is InChI=1S/C17H22FN5O2/c1-12-19-16(21-23(12)15-6-4-13(18)5-7-15)17(25)20-14(11-24)10-22-8-2-3-9-22/h4-7,14,24H,2-3,8-11H2,1H3,(H,20,25). The zero-order valence-corrected chi connectivity index (χ0v) is 14.2. The smallest absolute Gasteiger partial charge is 0.291 e. The third-order valence-electron chi connectivity index (χ3n) is 4.28. The fraction of sp³-hybridized carbons (Fsp3) is 0.471. The van der Waals surface area contributed by atoms with Gasteiger partial charge in [-0.3, -0.25) is 4.79 Å². The Balaban J connectivity index is 1.69. The molecule has 1 aliphatic heterocycles. The van der Waals surface area contributed by atoms with Gasteiger partial charge in [0.1, 0.15) is 11.6 Å². The lowest BCUT2D eigenvalue weighted by Crippen LogP contribution is -2.45. The first-order valence-electron chi connectivity index (χ1n) is 8.40. The van der Waals surface area contributed by atoms with Gasteiger partial charge in [-0.05, 0) is 57.1 Å². The molecule has 2 aromatic rings. The number of aromatic nitrogens is 3. The van der Waals surface area contributed by atoms with Crippen LogP contribution in [0.15, 0.2) is 24.3 Å². The molecular weight excluding hydrogens is 325 g/mol. The topological polar surface area (TPSA) is 83.3 Å². The molecule has 1 aromatic heterocycles. The molecule has 25 heavy (non-hydrogen) atoms. The molecule has 134 valence electrons. The van der Waals surface area contributed by atoms with Crippen LogP contribution in [0.4, 0.5) is 4.39 Å². The van der Waals surface area contributed by atoms with Gasteiger partial charge in [0.25, 0.3) is 5.91 Å². The quantitative estimate of drug-likeness (QED) is 0.811. The largest absolute Gasteiger partial charge is 0.394 e. The van der Waals surface area contributed by atoms with Crippen molar-refractivity contribution in [3.05, 3.63) is 41.7 Å². The lowest BCUT2D eigenvalue weighted by molar-refractivity contribution is 0.0889. The summed E-state index contributed by atoms with van der Waals surface area (Å²) in [6, 6.07) is 5.44. The Morgan fingerprint density at radius 1 is 1.32 bits per heavy atom. The van der Waals surface area contributed by atoms with E-state index in [0.717, 1.165) is 25.9 Å². The predicted octanol–water partition coefficient (Wildman–Crippen LogP) is 0.901. The monoisotopic (exact) mass is 347 g/mol. The number of nitrogens with one attached hydrogen (secondary N) is 1. The highest BCUT2D eigenvalue weighted by molar-refractivity contribution is 5.90. The van der Waals surface area contributed by atoms with Crippen LogP contribution in [0.1, 0.15) is 29.3 Å². The van der Waals surface area contributed by atoms with Crippen molar-refractivity contribution in [1.82, 2.24) is 25.0 Å². The molecule has 2 N–H and O–H groups in total. The minimum atomic E-state index is -0.429. The zero-order chi connectivity index (χ0) is 17.8. The van der Waals surface area contributed by atoms with Crippen LogP contribution in [-0.2, 0) is 0 Å². The van der Waals surface area contributed by atoms with E-state index < -0.39 is 5.91 Å². The van der Waals surface area contributed by atoms with Crippen LogP contribution in [0.5, 0.6) is 0 Å². The number of carbonyl (C=O) groups excluding carboxylic acids is 1. The summed E-state index contributed by atoms with van der Waals surface area (Å²) >= 11 is 0. The van der Waals surface area contributed by atoms with E-state index in [2.05, 4.69) is 20.3 Å². The van der Waals surface area contributed by atoms with E-state index in [9.17, 15) is 14.3 Å². The number of aliphatic hydroxyl groups excluding tert-OH is 1. The number of aliphatic hydroxyl groups is 1. The average molecular weight is 347 g/mol. The number of hydrogen-bond acceptors (Lipinski definition) is 5. The van der Waals surface area contributed by atoms with Gasteiger partial charge in [-0.2, -0.15) is 0 Å². The molecule has 1 aromatic carbocycles. The van der Waals surface area contributed by atoms with E-state index >= 15 is 0 Å². The van der Waals surface area contributed by atoms with Gasteiger partial charge < -0.3 is 15.3 Å². The van der Waals surface area contributed by atoms with Gasteiger partial charge in [-0.15, -0.1) is 5.10 Å². The van der Waals surface area contributed by atoms with Crippen molar-refractivity contribution in [3.63, 3.8) is 0 Å². The normalized spacial score (nSPS) is 16.1. The van der Waals surface area contributed by atoms with E-state index in [1.807, 2.05) is 0 Å². The molecule has 0 aliphatic carbocycles. The Kier molecular flexibility index (Phi) is 5.40. The van der Waals surface area contributed by atoms with E-state index in [-0.39, 0.29) is 24.3 Å². The number of rotatable bonds is 6. The number of nitrogens with zero attached hydrogens (tertiary/aromatic N) is 4. The van der Waals surface area contributed by atoms with Gasteiger partial charge in [0.15, 0.2) is 0 Å². The second-order valence-electron chi connectivity index (χ2n) is 6.23. The molecule has 3 rings (SSSR count). The third-order valence-corrected chi connectivity index (χ3v) is 4.28. The number of hydrogen-bond donors (Lipinski definition) is 2. The predicted molar refractivity (Wildman–Crippen MR) is 90.1 cm³/mol. The first kappa shape index (κ1) is 17.5. The third kappa shape index (κ3) is 4.21. The zero-order valence-electron chi connectivity index (χ0n) is 14.2. The summed E-state index contributed by atoms with van der Waals surface area (Å²) in [5.41, 5.74) is 0.626. The summed E-state index contributed by atoms with van der Waals surface area (Å²) in [6.07, 6.45) is 2.30. The molecule has 1 atom stereocenters. The first-order chi connectivity index (χ1) is 12.1. The van der Waals surface area contributed by atoms with Crippen LogP contribution in [-0.4, -0.2) is 63.0 Å². The van der Waals surface area contributed by atoms with Crippen LogP contribution in [0, 0.1) is 12.7 Å². The highest BCUT2D eigenvalue weighted by Gasteiger charge is 2.22. The van der Waals surface area contributed by atoms with Crippen molar-refractivity contribution in [2.45, 2.75) is 25.8 Å². The van der Waals surface area contributed by atoms with Crippen LogP contribution < -0.4 is 5.32 Å². The van der Waals surface area contributed by atoms with Gasteiger partial charge in [0.05, 0.1) is 18.3 Å². The number of aryl methyl sites for hydroxylation is 1. The Bertz CT molecular complexity index is 725. The fourth-order valence-corrected chi connectivity index (χ4v) is 2.99. The molecule has 1 fully saturated rings. The first-order valence-corrected chi connectivity index (χ1v) is 8.40. The summed E-state index contributed by atoms with van der Waals surface area (Å²) in [5, 5.41) is 16.5. The summed E-state index contributed by atoms with van der Waals surface area (Å²) in [7, 11) is 0. The van der Waals surface area contributed by atoms with E-state index in [1.165, 1.54) is 16.8 Å². The summed E-state index contributed by atoms with van der Waals surface area (Å²) < 4.78 is 14.5. The van der Waals surface area contributed by atoms with Crippen LogP contribution in [0.2, 0.25) is 0 Å². The van der Waals surface area contributed by atoms with Crippen molar-refractivity contribution in [2.75, 3.05) is 26.2 Å². The highest BCUT2D eigenvalue weighted by Crippen LogP contribution is 2.11. The van der Waals surface area contributed by atoms with Crippen molar-refractivity contribution >= 4 is 5.91 Å². The average Bonchev–Trinajstić information content (AvgIpc) is 3.24. The van der Waals surface area contributed by atoms with E-state index in [4.69, 9.17) is 0 Å². The summed E-state index contributed by atoms with van der Waals surface area (Å²) in [6.45, 7) is 4.17. The second kappa shape index (κ2) is 7.71. The van der Waals surface area contributed by atoms with E-state index in [1.54, 1.807) is 19.1 Å². The Hall–Kier alpha value is -2.32. The molecule has 1 aliphatic rings. The van der Waals surface area contributed by atoms with Crippen molar-refractivity contribution < 1.29 is 14.3 Å². The van der Waals surface area contributed by atoms with Crippen molar-refractivity contribution in [1.29, 1.82) is 0 Å². The molecule has 7 nitrogen and oxygen atoms in total. The minimum absolute atomic E-state index is 0.0293. The molecule has 0 radical (unpaired) electrons. The molecular formula is C17H22FN5O2. The fourth-order valence-electron chi connectivity index (χ4n) is 2.99. The number of benzene rings is 1. The second-order valence-corrected chi connectivity index (χ2v) is 6.23. The minimum Gasteiger partial charge on any atom is -0.394 e. The molecule has 8 heteroatoms. The van der Waals surface area contributed by atoms with Gasteiger partial charge >= 0.3 is 0 Å². The Morgan fingerprint density at radius 2 is 2.00 bits per heavy atom. The van der Waals surface area contributed by atoms with Crippen molar-refractivity contribution in [3.8, 4) is 5.69 Å². The van der Waals surface area contributed by atoms with Crippen LogP contribution in [0.25, 0.3) is 5.69 Å². The number of amides is 1. The number of halogens is 1. The van der Waals surface area contributed by atoms with Crippen molar-refractivity contribution in [2.24, 2.45) is 0 Å². The lowest BCUT2D eigenvalue weighted by Gasteiger charge is -2.22.